The van der Waals surface area contributed by atoms with E-state index < -0.39 is 53.7 Å². The summed E-state index contributed by atoms with van der Waals surface area (Å²) in [6.07, 6.45) is 1.37. The fraction of sp³-hybridized carbons (Fsp3) is 0.368. The van der Waals surface area contributed by atoms with Crippen molar-refractivity contribution in [1.82, 2.24) is 4.31 Å². The lowest BCUT2D eigenvalue weighted by Crippen LogP contribution is -2.49. The third-order valence-corrected chi connectivity index (χ3v) is 9.81. The fourth-order valence-corrected chi connectivity index (χ4v) is 8.14. The van der Waals surface area contributed by atoms with Gasteiger partial charge in [-0.2, -0.15) is 4.31 Å². The third kappa shape index (κ3) is 3.15. The summed E-state index contributed by atoms with van der Waals surface area (Å²) in [5.41, 5.74) is 0. The molecule has 2 unspecified atom stereocenters. The van der Waals surface area contributed by atoms with Crippen LogP contribution in [0.1, 0.15) is 25.7 Å². The molecule has 0 amide bonds. The van der Waals surface area contributed by atoms with Gasteiger partial charge in [-0.05, 0) is 49.9 Å². The van der Waals surface area contributed by atoms with Gasteiger partial charge in [0.05, 0.1) is 10.1 Å². The van der Waals surface area contributed by atoms with Crippen molar-refractivity contribution < 1.29 is 25.6 Å². The van der Waals surface area contributed by atoms with Gasteiger partial charge in [0.15, 0.2) is 9.84 Å². The van der Waals surface area contributed by atoms with Crippen LogP contribution in [-0.2, 0) is 19.9 Å². The largest absolute Gasteiger partial charge is 0.246 e. The Balaban J connectivity index is 1.64. The topological polar surface area (TPSA) is 71.5 Å². The van der Waals surface area contributed by atoms with Crippen LogP contribution < -0.4 is 0 Å². The molecule has 4 rings (SSSR count). The van der Waals surface area contributed by atoms with Gasteiger partial charge in [0.1, 0.15) is 16.5 Å². The van der Waals surface area contributed by atoms with E-state index in [0.29, 0.717) is 18.9 Å². The van der Waals surface area contributed by atoms with Crippen molar-refractivity contribution in [3.63, 3.8) is 0 Å². The number of halogens is 2. The fourth-order valence-electron chi connectivity index (χ4n) is 4.33. The molecule has 9 heteroatoms. The van der Waals surface area contributed by atoms with Crippen LogP contribution in [0.2, 0.25) is 0 Å². The Hall–Kier alpha value is -1.84. The summed E-state index contributed by atoms with van der Waals surface area (Å²) in [5, 5.41) is -0.683. The van der Waals surface area contributed by atoms with Crippen LogP contribution in [-0.4, -0.2) is 38.5 Å². The van der Waals surface area contributed by atoms with E-state index in [4.69, 9.17) is 0 Å². The molecule has 28 heavy (non-hydrogen) atoms. The van der Waals surface area contributed by atoms with Crippen LogP contribution in [0.25, 0.3) is 0 Å². The molecule has 150 valence electrons. The summed E-state index contributed by atoms with van der Waals surface area (Å²) in [4.78, 5) is -0.351. The number of hydrogen-bond donors (Lipinski definition) is 0. The van der Waals surface area contributed by atoms with Crippen molar-refractivity contribution in [2.45, 2.75) is 52.8 Å². The van der Waals surface area contributed by atoms with E-state index in [1.807, 2.05) is 0 Å². The highest BCUT2D eigenvalue weighted by Crippen LogP contribution is 2.43. The van der Waals surface area contributed by atoms with Gasteiger partial charge < -0.3 is 0 Å². The molecule has 2 saturated heterocycles. The summed E-state index contributed by atoms with van der Waals surface area (Å²) in [5.74, 6) is -1.99. The van der Waals surface area contributed by atoms with E-state index in [1.165, 1.54) is 16.4 Å². The standard InChI is InChI=1S/C19H19F2NO4S2/c20-13-6-9-19(18(21)10-13)28(25,26)22-14-7-8-15(22)12-17(11-14)27(23,24)16-4-2-1-3-5-16/h1-6,9-10,14-15,17H,7-8,11-12H2. The Morgan fingerprint density at radius 1 is 0.857 bits per heavy atom. The van der Waals surface area contributed by atoms with Gasteiger partial charge in [0, 0.05) is 18.2 Å². The van der Waals surface area contributed by atoms with Crippen LogP contribution in [0.15, 0.2) is 58.3 Å². The molecule has 2 heterocycles. The number of piperidine rings is 1. The molecule has 2 atom stereocenters. The van der Waals surface area contributed by atoms with E-state index in [1.54, 1.807) is 18.2 Å². The predicted molar refractivity (Wildman–Crippen MR) is 98.8 cm³/mol. The van der Waals surface area contributed by atoms with Gasteiger partial charge in [-0.25, -0.2) is 25.6 Å². The summed E-state index contributed by atoms with van der Waals surface area (Å²) < 4.78 is 80.5. The Kier molecular flexibility index (Phi) is 4.79. The molecule has 2 aliphatic rings. The predicted octanol–water partition coefficient (Wildman–Crippen LogP) is 3.12. The average Bonchev–Trinajstić information content (AvgIpc) is 2.93. The highest BCUT2D eigenvalue weighted by Gasteiger charge is 2.50. The first kappa shape index (κ1) is 19.5. The molecule has 0 spiro atoms. The summed E-state index contributed by atoms with van der Waals surface area (Å²) in [6, 6.07) is 9.44. The minimum absolute atomic E-state index is 0.162. The molecular weight excluding hydrogens is 408 g/mol. The van der Waals surface area contributed by atoms with Gasteiger partial charge in [0.2, 0.25) is 10.0 Å². The minimum atomic E-state index is -4.18. The molecule has 5 nitrogen and oxygen atoms in total. The van der Waals surface area contributed by atoms with Crippen LogP contribution in [0.5, 0.6) is 0 Å². The smallest absolute Gasteiger partial charge is 0.223 e. The monoisotopic (exact) mass is 427 g/mol. The summed E-state index contributed by atoms with van der Waals surface area (Å²) in [7, 11) is -7.76. The molecule has 2 aliphatic heterocycles. The first-order chi connectivity index (χ1) is 13.2. The highest BCUT2D eigenvalue weighted by atomic mass is 32.2. The van der Waals surface area contributed by atoms with E-state index in [9.17, 15) is 25.6 Å². The lowest BCUT2D eigenvalue weighted by atomic mass is 10.1. The molecule has 0 N–H and O–H groups in total. The molecule has 0 aliphatic carbocycles. The summed E-state index contributed by atoms with van der Waals surface area (Å²) >= 11 is 0. The van der Waals surface area contributed by atoms with Crippen LogP contribution in [0.4, 0.5) is 8.78 Å². The van der Waals surface area contributed by atoms with Crippen LogP contribution >= 0.6 is 0 Å². The van der Waals surface area contributed by atoms with E-state index in [0.717, 1.165) is 12.1 Å². The van der Waals surface area contributed by atoms with E-state index in [2.05, 4.69) is 0 Å². The quantitative estimate of drug-likeness (QED) is 0.752. The van der Waals surface area contributed by atoms with Crippen molar-refractivity contribution in [2.24, 2.45) is 0 Å². The van der Waals surface area contributed by atoms with E-state index in [-0.39, 0.29) is 17.7 Å². The van der Waals surface area contributed by atoms with Gasteiger partial charge in [-0.3, -0.25) is 0 Å². The van der Waals surface area contributed by atoms with Crippen molar-refractivity contribution in [3.8, 4) is 0 Å². The van der Waals surface area contributed by atoms with Gasteiger partial charge in [-0.1, -0.05) is 18.2 Å². The maximum absolute atomic E-state index is 14.1. The second-order valence-corrected chi connectivity index (χ2v) is 11.3. The SMILES string of the molecule is O=S(=O)(c1ccccc1)C1CC2CCC(C1)N2S(=O)(=O)c1ccc(F)cc1F. The maximum atomic E-state index is 14.1. The highest BCUT2D eigenvalue weighted by molar-refractivity contribution is 7.92. The second-order valence-electron chi connectivity index (χ2n) is 7.25. The Labute approximate surface area is 163 Å². The minimum Gasteiger partial charge on any atom is -0.223 e. The molecule has 0 radical (unpaired) electrons. The van der Waals surface area contributed by atoms with Gasteiger partial charge in [-0.15, -0.1) is 0 Å². The van der Waals surface area contributed by atoms with Crippen molar-refractivity contribution in [1.29, 1.82) is 0 Å². The van der Waals surface area contributed by atoms with Crippen LogP contribution in [0, 0.1) is 11.6 Å². The van der Waals surface area contributed by atoms with E-state index >= 15 is 0 Å². The van der Waals surface area contributed by atoms with Crippen molar-refractivity contribution in [2.75, 3.05) is 0 Å². The van der Waals surface area contributed by atoms with Crippen molar-refractivity contribution >= 4 is 19.9 Å². The zero-order valence-electron chi connectivity index (χ0n) is 14.8. The molecule has 2 fully saturated rings. The number of sulfone groups is 1. The zero-order valence-corrected chi connectivity index (χ0v) is 16.5. The Morgan fingerprint density at radius 3 is 2.04 bits per heavy atom. The third-order valence-electron chi connectivity index (χ3n) is 5.58. The molecule has 2 bridgehead atoms. The lowest BCUT2D eigenvalue weighted by Gasteiger charge is -2.37. The molecule has 2 aromatic rings. The maximum Gasteiger partial charge on any atom is 0.246 e. The first-order valence-corrected chi connectivity index (χ1v) is 12.0. The Morgan fingerprint density at radius 2 is 1.46 bits per heavy atom. The number of hydrogen-bond acceptors (Lipinski definition) is 4. The summed E-state index contributed by atoms with van der Waals surface area (Å²) in [6.45, 7) is 0. The van der Waals surface area contributed by atoms with Crippen molar-refractivity contribution in [3.05, 3.63) is 60.2 Å². The number of sulfonamides is 1. The normalized spacial score (nSPS) is 25.7. The van der Waals surface area contributed by atoms with Crippen LogP contribution in [0.3, 0.4) is 0 Å². The molecular formula is C19H19F2NO4S2. The molecule has 0 aromatic heterocycles. The number of benzene rings is 2. The molecule has 0 saturated carbocycles. The van der Waals surface area contributed by atoms with Gasteiger partial charge >= 0.3 is 0 Å². The molecule has 2 aromatic carbocycles. The van der Waals surface area contributed by atoms with Gasteiger partial charge in [0.25, 0.3) is 0 Å². The zero-order chi connectivity index (χ0) is 20.1. The first-order valence-electron chi connectivity index (χ1n) is 8.99. The number of fused-ring (bicyclic) bond motifs is 2. The average molecular weight is 427 g/mol. The number of nitrogens with zero attached hydrogens (tertiary/aromatic N) is 1. The second kappa shape index (κ2) is 6.89. The lowest BCUT2D eigenvalue weighted by molar-refractivity contribution is 0.248. The Bertz CT molecular complexity index is 1090. The number of rotatable bonds is 4.